The summed E-state index contributed by atoms with van der Waals surface area (Å²) in [5, 5.41) is 9.76. The average molecular weight is 281 g/mol. The number of carbonyl (C=O) groups is 2. The Kier molecular flexibility index (Phi) is 7.85. The molecule has 5 nitrogen and oxygen atoms in total. The monoisotopic (exact) mass is 281 g/mol. The molecule has 0 aliphatic carbocycles. The van der Waals surface area contributed by atoms with Gasteiger partial charge in [-0.05, 0) is 18.9 Å². The molecule has 0 bridgehead atoms. The molecule has 0 radical (unpaired) electrons. The van der Waals surface area contributed by atoms with Gasteiger partial charge in [0.25, 0.3) is 0 Å². The molecule has 17 heavy (non-hydrogen) atoms. The summed E-state index contributed by atoms with van der Waals surface area (Å²) in [6, 6.07) is 0. The lowest BCUT2D eigenvalue weighted by molar-refractivity contribution is -0.174. The fraction of sp³-hybridized carbons (Fsp3) is 0.800. The topological polar surface area (TPSA) is 89.6 Å². The molecule has 7 heteroatoms. The molecular weight excluding hydrogens is 262 g/mol. The van der Waals surface area contributed by atoms with Crippen LogP contribution in [0.2, 0.25) is 0 Å². The number of hydrogen-bond acceptors (Lipinski definition) is 7. The van der Waals surface area contributed by atoms with Crippen molar-refractivity contribution in [2.45, 2.75) is 36.5 Å². The van der Waals surface area contributed by atoms with E-state index in [4.69, 9.17) is 5.73 Å². The van der Waals surface area contributed by atoms with Crippen molar-refractivity contribution in [2.24, 2.45) is 5.73 Å². The second-order valence-corrected chi connectivity index (χ2v) is 5.92. The molecule has 0 spiro atoms. The minimum atomic E-state index is -2.11. The summed E-state index contributed by atoms with van der Waals surface area (Å²) in [6.07, 6.45) is 4.45. The van der Waals surface area contributed by atoms with Gasteiger partial charge in [-0.2, -0.15) is 23.5 Å². The van der Waals surface area contributed by atoms with E-state index in [-0.39, 0.29) is 17.4 Å². The van der Waals surface area contributed by atoms with Gasteiger partial charge < -0.3 is 9.84 Å². The van der Waals surface area contributed by atoms with Crippen molar-refractivity contribution in [2.75, 3.05) is 12.5 Å². The molecule has 0 aliphatic rings. The summed E-state index contributed by atoms with van der Waals surface area (Å²) >= 11 is 2.95. The largest absolute Gasteiger partial charge is 0.390 e. The van der Waals surface area contributed by atoms with Crippen molar-refractivity contribution in [1.29, 1.82) is 0 Å². The van der Waals surface area contributed by atoms with Crippen LogP contribution < -0.4 is 5.73 Å². The number of rotatable bonds is 7. The van der Waals surface area contributed by atoms with Crippen LogP contribution in [-0.2, 0) is 14.3 Å². The first-order valence-corrected chi connectivity index (χ1v) is 7.76. The highest BCUT2D eigenvalue weighted by molar-refractivity contribution is 8.16. The van der Waals surface area contributed by atoms with E-state index in [0.29, 0.717) is 6.42 Å². The summed E-state index contributed by atoms with van der Waals surface area (Å²) in [7, 11) is 0. The standard InChI is InChI=1S/C10H19NO4S2/c1-4-5-7(12)15-9(13)10(11,14)6-8(16-2)17-3/h8,14H,4-6,11H2,1-3H3/t10-/m1/s1. The first-order chi connectivity index (χ1) is 7.87. The van der Waals surface area contributed by atoms with Gasteiger partial charge in [0.15, 0.2) is 0 Å². The van der Waals surface area contributed by atoms with Crippen LogP contribution in [0.25, 0.3) is 0 Å². The van der Waals surface area contributed by atoms with Crippen LogP contribution >= 0.6 is 23.5 Å². The Morgan fingerprint density at radius 1 is 1.41 bits per heavy atom. The third-order valence-electron chi connectivity index (χ3n) is 2.02. The molecule has 0 rings (SSSR count). The second kappa shape index (κ2) is 7.97. The number of thioether (sulfide) groups is 2. The lowest BCUT2D eigenvalue weighted by atomic mass is 10.2. The summed E-state index contributed by atoms with van der Waals surface area (Å²) in [4.78, 5) is 22.6. The molecule has 3 N–H and O–H groups in total. The molecule has 0 unspecified atom stereocenters. The van der Waals surface area contributed by atoms with E-state index in [1.807, 2.05) is 12.5 Å². The van der Waals surface area contributed by atoms with E-state index in [0.717, 1.165) is 0 Å². The molecule has 0 saturated heterocycles. The van der Waals surface area contributed by atoms with E-state index in [9.17, 15) is 14.7 Å². The van der Waals surface area contributed by atoms with Crippen molar-refractivity contribution in [3.8, 4) is 0 Å². The molecule has 0 heterocycles. The predicted molar refractivity (Wildman–Crippen MR) is 70.6 cm³/mol. The zero-order chi connectivity index (χ0) is 13.5. The van der Waals surface area contributed by atoms with Crippen LogP contribution in [0.5, 0.6) is 0 Å². The minimum Gasteiger partial charge on any atom is -0.390 e. The number of esters is 2. The molecular formula is C10H19NO4S2. The van der Waals surface area contributed by atoms with Crippen molar-refractivity contribution in [3.05, 3.63) is 0 Å². The Morgan fingerprint density at radius 3 is 2.35 bits per heavy atom. The average Bonchev–Trinajstić information content (AvgIpc) is 2.26. The van der Waals surface area contributed by atoms with E-state index in [2.05, 4.69) is 4.74 Å². The second-order valence-electron chi connectivity index (χ2n) is 3.54. The zero-order valence-electron chi connectivity index (χ0n) is 10.3. The van der Waals surface area contributed by atoms with E-state index in [1.165, 1.54) is 23.5 Å². The predicted octanol–water partition coefficient (Wildman–Crippen LogP) is 0.946. The van der Waals surface area contributed by atoms with Crippen LogP contribution in [0.15, 0.2) is 0 Å². The number of nitrogens with two attached hydrogens (primary N) is 1. The highest BCUT2D eigenvalue weighted by Gasteiger charge is 2.36. The minimum absolute atomic E-state index is 0.0289. The molecule has 0 aliphatic heterocycles. The molecule has 100 valence electrons. The van der Waals surface area contributed by atoms with Crippen molar-refractivity contribution in [1.82, 2.24) is 0 Å². The first-order valence-electron chi connectivity index (χ1n) is 5.19. The van der Waals surface area contributed by atoms with Crippen molar-refractivity contribution >= 4 is 35.5 Å². The fourth-order valence-electron chi connectivity index (χ4n) is 1.05. The maximum atomic E-state index is 11.5. The first kappa shape index (κ1) is 16.8. The lowest BCUT2D eigenvalue weighted by Gasteiger charge is -2.23. The van der Waals surface area contributed by atoms with Crippen molar-refractivity contribution < 1.29 is 19.4 Å². The van der Waals surface area contributed by atoms with Gasteiger partial charge in [-0.1, -0.05) is 6.92 Å². The highest BCUT2D eigenvalue weighted by Crippen LogP contribution is 2.26. The maximum absolute atomic E-state index is 11.5. The smallest absolute Gasteiger partial charge is 0.361 e. The number of hydrogen-bond donors (Lipinski definition) is 2. The van der Waals surface area contributed by atoms with Crippen LogP contribution in [0.4, 0.5) is 0 Å². The number of aliphatic hydroxyl groups is 1. The highest BCUT2D eigenvalue weighted by atomic mass is 32.2. The molecule has 0 aromatic heterocycles. The fourth-order valence-corrected chi connectivity index (χ4v) is 2.66. The Hall–Kier alpha value is -0.240. The normalized spacial score (nSPS) is 14.5. The maximum Gasteiger partial charge on any atom is 0.361 e. The van der Waals surface area contributed by atoms with Gasteiger partial charge >= 0.3 is 11.9 Å². The number of carbonyl (C=O) groups excluding carboxylic acids is 2. The van der Waals surface area contributed by atoms with Gasteiger partial charge in [0.1, 0.15) is 0 Å². The van der Waals surface area contributed by atoms with Gasteiger partial charge in [0.05, 0.1) is 4.58 Å². The van der Waals surface area contributed by atoms with E-state index < -0.39 is 17.7 Å². The molecule has 0 aromatic rings. The van der Waals surface area contributed by atoms with Gasteiger partial charge in [0.2, 0.25) is 5.72 Å². The van der Waals surface area contributed by atoms with Crippen LogP contribution in [0, 0.1) is 0 Å². The van der Waals surface area contributed by atoms with Crippen LogP contribution in [0.1, 0.15) is 26.2 Å². The van der Waals surface area contributed by atoms with Crippen LogP contribution in [0.3, 0.4) is 0 Å². The van der Waals surface area contributed by atoms with Gasteiger partial charge in [-0.3, -0.25) is 10.5 Å². The Morgan fingerprint density at radius 2 is 1.94 bits per heavy atom. The lowest BCUT2D eigenvalue weighted by Crippen LogP contribution is -2.51. The van der Waals surface area contributed by atoms with Gasteiger partial charge in [-0.15, -0.1) is 0 Å². The van der Waals surface area contributed by atoms with E-state index in [1.54, 1.807) is 6.92 Å². The quantitative estimate of drug-likeness (QED) is 0.408. The van der Waals surface area contributed by atoms with Gasteiger partial charge in [-0.25, -0.2) is 4.79 Å². The summed E-state index contributed by atoms with van der Waals surface area (Å²) in [6.45, 7) is 1.79. The molecule has 1 atom stereocenters. The molecule has 0 aromatic carbocycles. The molecule has 0 fully saturated rings. The number of ether oxygens (including phenoxy) is 1. The summed E-state index contributed by atoms with van der Waals surface area (Å²) in [5.41, 5.74) is 3.35. The zero-order valence-corrected chi connectivity index (χ0v) is 11.9. The molecule has 0 amide bonds. The SMILES string of the molecule is CCCC(=O)OC(=O)[C@](N)(O)CC(SC)SC. The van der Waals surface area contributed by atoms with Crippen molar-refractivity contribution in [3.63, 3.8) is 0 Å². The third-order valence-corrected chi connectivity index (χ3v) is 4.56. The Bertz CT molecular complexity index is 267. The van der Waals surface area contributed by atoms with E-state index >= 15 is 0 Å². The summed E-state index contributed by atoms with van der Waals surface area (Å²) in [5.74, 6) is -1.74. The Balaban J connectivity index is 4.38. The third kappa shape index (κ3) is 6.30. The Labute approximate surface area is 110 Å². The molecule has 0 saturated carbocycles. The van der Waals surface area contributed by atoms with Gasteiger partial charge in [0, 0.05) is 12.8 Å². The summed E-state index contributed by atoms with van der Waals surface area (Å²) < 4.78 is 4.45. The van der Waals surface area contributed by atoms with Crippen LogP contribution in [-0.4, -0.2) is 39.9 Å².